The number of rotatable bonds is 7. The van der Waals surface area contributed by atoms with Gasteiger partial charge in [0.25, 0.3) is 5.91 Å². The Hall–Kier alpha value is -2.24. The van der Waals surface area contributed by atoms with Gasteiger partial charge in [0.05, 0.1) is 23.7 Å². The number of sulfonamides is 1. The Labute approximate surface area is 192 Å². The van der Waals surface area contributed by atoms with Crippen molar-refractivity contribution in [2.75, 3.05) is 7.05 Å². The molecule has 162 valence electrons. The quantitative estimate of drug-likeness (QED) is 0.406. The third kappa shape index (κ3) is 4.53. The highest BCUT2D eigenvalue weighted by Gasteiger charge is 2.18. The van der Waals surface area contributed by atoms with Crippen LogP contribution in [0.25, 0.3) is 10.2 Å². The smallest absolute Gasteiger partial charge is 0.261 e. The molecular formula is C20H19ClN4O3S3. The standard InChI is InChI=1S/C20H19ClN4O3S3/c1-12-15-9-17(19(26)23-10-14-7-8-18(29-14)31(27,28)22-2)30-20(15)25(24-12)11-13-5-3-4-6-16(13)21/h3-9,22H,10-11H2,1-2H3,(H,23,26). The lowest BCUT2D eigenvalue weighted by atomic mass is 10.2. The van der Waals surface area contributed by atoms with E-state index in [0.717, 1.165) is 37.7 Å². The van der Waals surface area contributed by atoms with Gasteiger partial charge in [-0.05, 0) is 43.8 Å². The summed E-state index contributed by atoms with van der Waals surface area (Å²) >= 11 is 8.78. The molecule has 0 spiro atoms. The topological polar surface area (TPSA) is 93.1 Å². The fourth-order valence-electron chi connectivity index (χ4n) is 3.07. The molecule has 0 aliphatic carbocycles. The summed E-state index contributed by atoms with van der Waals surface area (Å²) in [5.41, 5.74) is 1.80. The molecule has 3 heterocycles. The zero-order valence-corrected chi connectivity index (χ0v) is 19.9. The Morgan fingerprint density at radius 3 is 2.71 bits per heavy atom. The molecule has 1 amide bonds. The third-order valence-corrected chi connectivity index (χ3v) is 9.21. The first-order valence-electron chi connectivity index (χ1n) is 9.29. The fourth-order valence-corrected chi connectivity index (χ4v) is 6.48. The van der Waals surface area contributed by atoms with Gasteiger partial charge in [0.15, 0.2) is 0 Å². The van der Waals surface area contributed by atoms with Gasteiger partial charge in [-0.2, -0.15) is 5.10 Å². The maximum absolute atomic E-state index is 12.7. The second kappa shape index (κ2) is 8.71. The van der Waals surface area contributed by atoms with E-state index in [1.165, 1.54) is 24.5 Å². The van der Waals surface area contributed by atoms with Crippen LogP contribution in [0.1, 0.15) is 25.8 Å². The number of carbonyl (C=O) groups is 1. The van der Waals surface area contributed by atoms with Crippen LogP contribution in [-0.2, 0) is 23.1 Å². The number of fused-ring (bicyclic) bond motifs is 1. The second-order valence-electron chi connectivity index (χ2n) is 6.77. The molecule has 2 N–H and O–H groups in total. The summed E-state index contributed by atoms with van der Waals surface area (Å²) < 4.78 is 28.1. The number of aryl methyl sites for hydroxylation is 1. The Morgan fingerprint density at radius 1 is 1.19 bits per heavy atom. The summed E-state index contributed by atoms with van der Waals surface area (Å²) in [5, 5.41) is 9.06. The molecule has 0 aliphatic heterocycles. The summed E-state index contributed by atoms with van der Waals surface area (Å²) in [7, 11) is -2.11. The molecule has 0 saturated carbocycles. The van der Waals surface area contributed by atoms with Gasteiger partial charge in [0, 0.05) is 15.3 Å². The van der Waals surface area contributed by atoms with E-state index in [0.29, 0.717) is 16.4 Å². The third-order valence-electron chi connectivity index (χ3n) is 4.70. The highest BCUT2D eigenvalue weighted by Crippen LogP contribution is 2.30. The molecule has 0 bridgehead atoms. The maximum atomic E-state index is 12.7. The van der Waals surface area contributed by atoms with E-state index in [2.05, 4.69) is 15.1 Å². The molecule has 0 atom stereocenters. The predicted molar refractivity (Wildman–Crippen MR) is 125 cm³/mol. The highest BCUT2D eigenvalue weighted by molar-refractivity contribution is 7.91. The minimum Gasteiger partial charge on any atom is -0.346 e. The van der Waals surface area contributed by atoms with Crippen molar-refractivity contribution >= 4 is 60.4 Å². The van der Waals surface area contributed by atoms with Crippen LogP contribution in [0.3, 0.4) is 0 Å². The molecule has 4 rings (SSSR count). The van der Waals surface area contributed by atoms with Crippen molar-refractivity contribution in [3.63, 3.8) is 0 Å². The number of nitrogens with one attached hydrogen (secondary N) is 2. The minimum absolute atomic E-state index is 0.212. The SMILES string of the molecule is CNS(=O)(=O)c1ccc(CNC(=O)c2cc3c(C)nn(Cc4ccccc4Cl)c3s2)s1. The summed E-state index contributed by atoms with van der Waals surface area (Å²) in [6, 6.07) is 12.7. The van der Waals surface area contributed by atoms with E-state index in [4.69, 9.17) is 11.6 Å². The lowest BCUT2D eigenvalue weighted by Gasteiger charge is -2.05. The van der Waals surface area contributed by atoms with E-state index >= 15 is 0 Å². The monoisotopic (exact) mass is 494 g/mol. The van der Waals surface area contributed by atoms with Gasteiger partial charge in [0.1, 0.15) is 9.04 Å². The minimum atomic E-state index is -3.48. The van der Waals surface area contributed by atoms with Gasteiger partial charge in [-0.15, -0.1) is 22.7 Å². The van der Waals surface area contributed by atoms with Gasteiger partial charge in [0.2, 0.25) is 10.0 Å². The van der Waals surface area contributed by atoms with E-state index in [1.54, 1.807) is 6.07 Å². The van der Waals surface area contributed by atoms with Gasteiger partial charge < -0.3 is 5.32 Å². The molecule has 31 heavy (non-hydrogen) atoms. The van der Waals surface area contributed by atoms with Crippen molar-refractivity contribution in [3.05, 3.63) is 68.5 Å². The number of hydrogen-bond donors (Lipinski definition) is 2. The van der Waals surface area contributed by atoms with Crippen molar-refractivity contribution in [1.82, 2.24) is 19.8 Å². The van der Waals surface area contributed by atoms with Crippen LogP contribution in [-0.4, -0.2) is 31.2 Å². The molecule has 0 unspecified atom stereocenters. The Balaban J connectivity index is 1.51. The van der Waals surface area contributed by atoms with Gasteiger partial charge in [-0.25, -0.2) is 13.1 Å². The number of hydrogen-bond acceptors (Lipinski definition) is 6. The number of amides is 1. The maximum Gasteiger partial charge on any atom is 0.261 e. The van der Waals surface area contributed by atoms with Crippen LogP contribution < -0.4 is 10.0 Å². The van der Waals surface area contributed by atoms with E-state index < -0.39 is 10.0 Å². The van der Waals surface area contributed by atoms with Crippen molar-refractivity contribution in [3.8, 4) is 0 Å². The Morgan fingerprint density at radius 2 is 1.97 bits per heavy atom. The molecule has 0 fully saturated rings. The van der Waals surface area contributed by atoms with Crippen LogP contribution in [0, 0.1) is 6.92 Å². The predicted octanol–water partition coefficient (Wildman–Crippen LogP) is 4.01. The van der Waals surface area contributed by atoms with Crippen molar-refractivity contribution in [2.45, 2.75) is 24.2 Å². The summed E-state index contributed by atoms with van der Waals surface area (Å²) in [6.45, 7) is 2.68. The number of benzene rings is 1. The number of aromatic nitrogens is 2. The van der Waals surface area contributed by atoms with E-state index in [9.17, 15) is 13.2 Å². The van der Waals surface area contributed by atoms with Gasteiger partial charge >= 0.3 is 0 Å². The fraction of sp³-hybridized carbons (Fsp3) is 0.200. The molecule has 4 aromatic rings. The van der Waals surface area contributed by atoms with Crippen LogP contribution in [0.4, 0.5) is 0 Å². The lowest BCUT2D eigenvalue weighted by molar-refractivity contribution is 0.0955. The molecule has 3 aromatic heterocycles. The number of halogens is 1. The molecule has 7 nitrogen and oxygen atoms in total. The molecule has 11 heteroatoms. The van der Waals surface area contributed by atoms with Gasteiger partial charge in [-0.1, -0.05) is 29.8 Å². The van der Waals surface area contributed by atoms with Gasteiger partial charge in [-0.3, -0.25) is 9.48 Å². The first-order chi connectivity index (χ1) is 14.8. The Bertz CT molecular complexity index is 1370. The first kappa shape index (κ1) is 22.0. The molecular weight excluding hydrogens is 476 g/mol. The number of carbonyl (C=O) groups excluding carboxylic acids is 1. The molecule has 0 radical (unpaired) electrons. The summed E-state index contributed by atoms with van der Waals surface area (Å²) in [6.07, 6.45) is 0. The average Bonchev–Trinajstić information content (AvgIpc) is 3.46. The van der Waals surface area contributed by atoms with Crippen LogP contribution in [0.15, 0.2) is 46.7 Å². The van der Waals surface area contributed by atoms with Crippen molar-refractivity contribution in [2.24, 2.45) is 0 Å². The van der Waals surface area contributed by atoms with Crippen molar-refractivity contribution < 1.29 is 13.2 Å². The number of thiophene rings is 2. The zero-order valence-electron chi connectivity index (χ0n) is 16.7. The second-order valence-corrected chi connectivity index (χ2v) is 11.5. The average molecular weight is 495 g/mol. The largest absolute Gasteiger partial charge is 0.346 e. The molecule has 1 aromatic carbocycles. The highest BCUT2D eigenvalue weighted by atomic mass is 35.5. The zero-order chi connectivity index (χ0) is 22.2. The van der Waals surface area contributed by atoms with Crippen molar-refractivity contribution in [1.29, 1.82) is 0 Å². The molecule has 0 aliphatic rings. The normalized spacial score (nSPS) is 11.8. The van der Waals surface area contributed by atoms with Crippen LogP contribution in [0.5, 0.6) is 0 Å². The van der Waals surface area contributed by atoms with E-state index in [-0.39, 0.29) is 16.7 Å². The summed E-state index contributed by atoms with van der Waals surface area (Å²) in [4.78, 5) is 14.9. The summed E-state index contributed by atoms with van der Waals surface area (Å²) in [5.74, 6) is -0.212. The van der Waals surface area contributed by atoms with Crippen LogP contribution >= 0.6 is 34.3 Å². The Kier molecular flexibility index (Phi) is 6.18. The first-order valence-corrected chi connectivity index (χ1v) is 12.8. The number of nitrogens with zero attached hydrogens (tertiary/aromatic N) is 2. The lowest BCUT2D eigenvalue weighted by Crippen LogP contribution is -2.21. The van der Waals surface area contributed by atoms with Crippen LogP contribution in [0.2, 0.25) is 5.02 Å². The van der Waals surface area contributed by atoms with E-state index in [1.807, 2.05) is 41.9 Å². The molecule has 0 saturated heterocycles.